The van der Waals surface area contributed by atoms with Gasteiger partial charge in [0.25, 0.3) is 5.91 Å². The Balaban J connectivity index is 1.64. The van der Waals surface area contributed by atoms with Crippen molar-refractivity contribution in [3.63, 3.8) is 0 Å². The van der Waals surface area contributed by atoms with Crippen LogP contribution in [0.25, 0.3) is 10.8 Å². The summed E-state index contributed by atoms with van der Waals surface area (Å²) in [6.07, 6.45) is 3.78. The molecule has 5 rings (SSSR count). The van der Waals surface area contributed by atoms with E-state index in [1.54, 1.807) is 0 Å². The maximum Gasteiger partial charge on any atom is 0.296 e. The average Bonchev–Trinajstić information content (AvgIpc) is 2.55. The Kier molecular flexibility index (Phi) is 2.96. The summed E-state index contributed by atoms with van der Waals surface area (Å²) in [4.78, 5) is 12.8. The third-order valence-electron chi connectivity index (χ3n) is 5.27. The van der Waals surface area contributed by atoms with Crippen molar-refractivity contribution in [2.24, 2.45) is 5.92 Å². The van der Waals surface area contributed by atoms with E-state index in [2.05, 4.69) is 17.6 Å². The molecular weight excluding hydrogens is 260 g/mol. The normalized spacial score (nSPS) is 27.7. The monoisotopic (exact) mass is 281 g/mol. The van der Waals surface area contributed by atoms with Gasteiger partial charge in [-0.05, 0) is 22.8 Å². The number of nitrogens with one attached hydrogen (secondary N) is 1. The van der Waals surface area contributed by atoms with Crippen LogP contribution in [-0.4, -0.2) is 30.1 Å². The molecule has 2 aromatic rings. The lowest BCUT2D eigenvalue weighted by molar-refractivity contribution is -0.974. The van der Waals surface area contributed by atoms with Crippen molar-refractivity contribution in [3.05, 3.63) is 48.0 Å². The molecule has 21 heavy (non-hydrogen) atoms. The van der Waals surface area contributed by atoms with Crippen LogP contribution in [0, 0.1) is 5.92 Å². The molecule has 0 aromatic heterocycles. The maximum absolute atomic E-state index is 12.8. The number of carbonyl (C=O) groups is 1. The number of nitrogens with zero attached hydrogens (tertiary/aromatic N) is 1. The van der Waals surface area contributed by atoms with E-state index in [1.807, 2.05) is 30.3 Å². The van der Waals surface area contributed by atoms with E-state index in [4.69, 9.17) is 0 Å². The number of piperidine rings is 3. The largest absolute Gasteiger partial charge is 0.296 e. The first-order chi connectivity index (χ1) is 10.3. The summed E-state index contributed by atoms with van der Waals surface area (Å²) in [5.41, 5.74) is 4.13. The number of hydrogen-bond acceptors (Lipinski definition) is 1. The molecule has 0 spiro atoms. The van der Waals surface area contributed by atoms with Gasteiger partial charge in [-0.2, -0.15) is 5.43 Å². The van der Waals surface area contributed by atoms with Crippen molar-refractivity contribution >= 4 is 16.7 Å². The van der Waals surface area contributed by atoms with Crippen LogP contribution >= 0.6 is 0 Å². The van der Waals surface area contributed by atoms with Crippen LogP contribution in [0.15, 0.2) is 42.5 Å². The van der Waals surface area contributed by atoms with Gasteiger partial charge in [-0.3, -0.25) is 4.79 Å². The number of fused-ring (bicyclic) bond motifs is 4. The Morgan fingerprint density at radius 3 is 2.38 bits per heavy atom. The van der Waals surface area contributed by atoms with Crippen LogP contribution < -0.4 is 5.43 Å². The minimum atomic E-state index is 0.0761. The molecule has 2 bridgehead atoms. The summed E-state index contributed by atoms with van der Waals surface area (Å²) in [5.74, 6) is 0.978. The second-order valence-electron chi connectivity index (χ2n) is 6.52. The summed E-state index contributed by atoms with van der Waals surface area (Å²) in [7, 11) is 0. The predicted octanol–water partition coefficient (Wildman–Crippen LogP) is 3.12. The third kappa shape index (κ3) is 2.22. The summed E-state index contributed by atoms with van der Waals surface area (Å²) < 4.78 is 0.790. The smallest absolute Gasteiger partial charge is 0.264 e. The van der Waals surface area contributed by atoms with E-state index in [0.717, 1.165) is 46.5 Å². The molecule has 108 valence electrons. The number of carbonyl (C=O) groups excluding carboxylic acids is 1. The molecule has 0 radical (unpaired) electrons. The van der Waals surface area contributed by atoms with Gasteiger partial charge >= 0.3 is 0 Å². The average molecular weight is 281 g/mol. The molecule has 3 aliphatic rings. The van der Waals surface area contributed by atoms with E-state index in [0.29, 0.717) is 0 Å². The van der Waals surface area contributed by atoms with Gasteiger partial charge in [0.2, 0.25) is 0 Å². The second-order valence-corrected chi connectivity index (χ2v) is 6.52. The van der Waals surface area contributed by atoms with Crippen LogP contribution in [-0.2, 0) is 0 Å². The lowest BCUT2D eigenvalue weighted by Gasteiger charge is -2.47. The van der Waals surface area contributed by atoms with E-state index >= 15 is 0 Å². The Labute approximate surface area is 125 Å². The van der Waals surface area contributed by atoms with Crippen molar-refractivity contribution in [1.29, 1.82) is 0 Å². The minimum absolute atomic E-state index is 0.0761. The fourth-order valence-corrected chi connectivity index (χ4v) is 3.92. The summed E-state index contributed by atoms with van der Waals surface area (Å²) in [5, 5.41) is 2.17. The Morgan fingerprint density at radius 1 is 0.952 bits per heavy atom. The molecule has 0 aliphatic carbocycles. The van der Waals surface area contributed by atoms with Gasteiger partial charge in [0, 0.05) is 19.3 Å². The molecule has 0 saturated carbocycles. The van der Waals surface area contributed by atoms with Crippen molar-refractivity contribution in [3.8, 4) is 0 Å². The van der Waals surface area contributed by atoms with Crippen molar-refractivity contribution in [2.45, 2.75) is 19.3 Å². The van der Waals surface area contributed by atoms with Gasteiger partial charge in [0.1, 0.15) is 19.6 Å². The van der Waals surface area contributed by atoms with E-state index in [1.165, 1.54) is 19.3 Å². The van der Waals surface area contributed by atoms with Gasteiger partial charge in [0.05, 0.1) is 5.56 Å². The van der Waals surface area contributed by atoms with Gasteiger partial charge in [-0.1, -0.05) is 36.4 Å². The van der Waals surface area contributed by atoms with Crippen LogP contribution in [0.3, 0.4) is 0 Å². The van der Waals surface area contributed by atoms with Crippen LogP contribution in [0.2, 0.25) is 0 Å². The van der Waals surface area contributed by atoms with Gasteiger partial charge < -0.3 is 0 Å². The highest BCUT2D eigenvalue weighted by Crippen LogP contribution is 2.32. The van der Waals surface area contributed by atoms with Crippen LogP contribution in [0.5, 0.6) is 0 Å². The number of hydrogen-bond donors (Lipinski definition) is 1. The molecule has 1 N–H and O–H groups in total. The molecule has 3 heteroatoms. The molecule has 0 unspecified atom stereocenters. The lowest BCUT2D eigenvalue weighted by Crippen LogP contribution is -2.66. The molecule has 3 aliphatic heterocycles. The Hall–Kier alpha value is -1.87. The maximum atomic E-state index is 12.8. The highest BCUT2D eigenvalue weighted by atomic mass is 16.2. The zero-order valence-corrected chi connectivity index (χ0v) is 12.2. The standard InChI is InChI=1S/C18H20N2O/c21-18(19-20-11-8-14(9-12-20)10-13-20)17-7-3-5-15-4-1-2-6-16(15)17/h1-7,14H,8-13H2/p+1. The van der Waals surface area contributed by atoms with E-state index < -0.39 is 0 Å². The molecule has 3 fully saturated rings. The highest BCUT2D eigenvalue weighted by molar-refractivity contribution is 6.06. The SMILES string of the molecule is O=C(N[N+]12CCC(CC1)CC2)c1cccc2ccccc12. The van der Waals surface area contributed by atoms with Crippen LogP contribution in [0.4, 0.5) is 0 Å². The zero-order chi connectivity index (χ0) is 14.3. The summed E-state index contributed by atoms with van der Waals surface area (Å²) in [6.45, 7) is 3.30. The Bertz CT molecular complexity index is 667. The van der Waals surface area contributed by atoms with Crippen molar-refractivity contribution in [1.82, 2.24) is 5.43 Å². The summed E-state index contributed by atoms with van der Waals surface area (Å²) >= 11 is 0. The lowest BCUT2D eigenvalue weighted by atomic mass is 9.87. The number of amides is 1. The van der Waals surface area contributed by atoms with E-state index in [9.17, 15) is 4.79 Å². The fourth-order valence-electron chi connectivity index (χ4n) is 3.92. The van der Waals surface area contributed by atoms with Crippen molar-refractivity contribution < 1.29 is 9.39 Å². The van der Waals surface area contributed by atoms with Gasteiger partial charge in [-0.25, -0.2) is 4.59 Å². The molecule has 1 amide bonds. The minimum Gasteiger partial charge on any atom is -0.264 e. The highest BCUT2D eigenvalue weighted by Gasteiger charge is 2.41. The number of benzene rings is 2. The quantitative estimate of drug-likeness (QED) is 0.842. The predicted molar refractivity (Wildman–Crippen MR) is 83.6 cm³/mol. The number of quaternary nitrogens is 1. The molecule has 3 nitrogen and oxygen atoms in total. The number of rotatable bonds is 2. The Morgan fingerprint density at radius 2 is 1.62 bits per heavy atom. The fraction of sp³-hybridized carbons (Fsp3) is 0.389. The molecule has 3 saturated heterocycles. The molecule has 2 aromatic carbocycles. The molecular formula is C18H21N2O+. The van der Waals surface area contributed by atoms with E-state index in [-0.39, 0.29) is 5.91 Å². The van der Waals surface area contributed by atoms with Crippen LogP contribution in [0.1, 0.15) is 29.6 Å². The molecule has 3 heterocycles. The summed E-state index contributed by atoms with van der Waals surface area (Å²) in [6, 6.07) is 14.1. The van der Waals surface area contributed by atoms with Gasteiger partial charge in [0.15, 0.2) is 0 Å². The first-order valence-corrected chi connectivity index (χ1v) is 7.92. The zero-order valence-electron chi connectivity index (χ0n) is 12.2. The molecule has 0 atom stereocenters. The first-order valence-electron chi connectivity index (χ1n) is 7.92. The van der Waals surface area contributed by atoms with Gasteiger partial charge in [-0.15, -0.1) is 0 Å². The first kappa shape index (κ1) is 12.8. The third-order valence-corrected chi connectivity index (χ3v) is 5.27. The topological polar surface area (TPSA) is 29.1 Å². The second kappa shape index (κ2) is 4.85. The van der Waals surface area contributed by atoms with Crippen molar-refractivity contribution in [2.75, 3.05) is 19.6 Å².